The van der Waals surface area contributed by atoms with Gasteiger partial charge in [-0.3, -0.25) is 0 Å². The number of rotatable bonds is 6. The molecule has 2 fully saturated rings. The van der Waals surface area contributed by atoms with Gasteiger partial charge in [0.25, 0.3) is 0 Å². The second kappa shape index (κ2) is 6.04. The molecule has 0 amide bonds. The van der Waals surface area contributed by atoms with E-state index >= 15 is 0 Å². The normalized spacial score (nSPS) is 21.5. The molecule has 0 bridgehead atoms. The zero-order valence-electron chi connectivity index (χ0n) is 12.7. The SMILES string of the molecule is c1ccc(N2CCC(CNCc3nnnn3C3CC3)C2)cc1. The van der Waals surface area contributed by atoms with Crippen LogP contribution in [0.1, 0.15) is 31.1 Å². The minimum Gasteiger partial charge on any atom is -0.371 e. The van der Waals surface area contributed by atoms with Crippen molar-refractivity contribution in [3.63, 3.8) is 0 Å². The first-order chi connectivity index (χ1) is 10.9. The molecule has 22 heavy (non-hydrogen) atoms. The van der Waals surface area contributed by atoms with Gasteiger partial charge < -0.3 is 10.2 Å². The summed E-state index contributed by atoms with van der Waals surface area (Å²) in [6.45, 7) is 4.08. The summed E-state index contributed by atoms with van der Waals surface area (Å²) in [5.74, 6) is 1.67. The first-order valence-corrected chi connectivity index (χ1v) is 8.17. The fourth-order valence-corrected chi connectivity index (χ4v) is 3.19. The molecule has 1 saturated heterocycles. The first kappa shape index (κ1) is 13.7. The summed E-state index contributed by atoms with van der Waals surface area (Å²) in [6, 6.07) is 11.2. The Balaban J connectivity index is 1.26. The molecule has 6 nitrogen and oxygen atoms in total. The van der Waals surface area contributed by atoms with Crippen LogP contribution in [0.3, 0.4) is 0 Å². The topological polar surface area (TPSA) is 58.9 Å². The van der Waals surface area contributed by atoms with Crippen molar-refractivity contribution in [2.24, 2.45) is 5.92 Å². The van der Waals surface area contributed by atoms with E-state index < -0.39 is 0 Å². The van der Waals surface area contributed by atoms with Gasteiger partial charge >= 0.3 is 0 Å². The zero-order chi connectivity index (χ0) is 14.8. The van der Waals surface area contributed by atoms with Crippen LogP contribution in [-0.2, 0) is 6.54 Å². The van der Waals surface area contributed by atoms with Gasteiger partial charge in [-0.15, -0.1) is 5.10 Å². The molecule has 2 aliphatic rings. The van der Waals surface area contributed by atoms with E-state index in [1.807, 2.05) is 4.68 Å². The molecule has 1 aliphatic carbocycles. The maximum absolute atomic E-state index is 4.13. The number of nitrogens with one attached hydrogen (secondary N) is 1. The summed E-state index contributed by atoms with van der Waals surface area (Å²) in [5, 5.41) is 15.6. The van der Waals surface area contributed by atoms with Crippen molar-refractivity contribution in [3.05, 3.63) is 36.2 Å². The molecular weight excluding hydrogens is 276 g/mol. The number of benzene rings is 1. The van der Waals surface area contributed by atoms with Crippen LogP contribution in [0.25, 0.3) is 0 Å². The number of hydrogen-bond acceptors (Lipinski definition) is 5. The molecule has 116 valence electrons. The fraction of sp³-hybridized carbons (Fsp3) is 0.562. The van der Waals surface area contributed by atoms with Crippen molar-refractivity contribution < 1.29 is 0 Å². The van der Waals surface area contributed by atoms with Gasteiger partial charge in [0.15, 0.2) is 5.82 Å². The second-order valence-electron chi connectivity index (χ2n) is 6.34. The maximum Gasteiger partial charge on any atom is 0.165 e. The van der Waals surface area contributed by atoms with Gasteiger partial charge in [0.2, 0.25) is 0 Å². The minimum atomic E-state index is 0.548. The Bertz CT molecular complexity index is 606. The molecule has 2 heterocycles. The minimum absolute atomic E-state index is 0.548. The highest BCUT2D eigenvalue weighted by molar-refractivity contribution is 5.46. The van der Waals surface area contributed by atoms with Gasteiger partial charge in [0.1, 0.15) is 0 Å². The summed E-state index contributed by atoms with van der Waals surface area (Å²) >= 11 is 0. The van der Waals surface area contributed by atoms with E-state index in [0.29, 0.717) is 12.0 Å². The van der Waals surface area contributed by atoms with Crippen molar-refractivity contribution in [1.29, 1.82) is 0 Å². The van der Waals surface area contributed by atoms with Crippen molar-refractivity contribution in [3.8, 4) is 0 Å². The monoisotopic (exact) mass is 298 g/mol. The highest BCUT2D eigenvalue weighted by atomic mass is 15.6. The molecule has 1 aromatic carbocycles. The van der Waals surface area contributed by atoms with Crippen LogP contribution in [0.4, 0.5) is 5.69 Å². The van der Waals surface area contributed by atoms with Crippen molar-refractivity contribution in [2.45, 2.75) is 31.8 Å². The number of aromatic nitrogens is 4. The molecule has 0 radical (unpaired) electrons. The maximum atomic E-state index is 4.13. The Labute approximate surface area is 130 Å². The summed E-state index contributed by atoms with van der Waals surface area (Å²) in [5.41, 5.74) is 1.34. The average Bonchev–Trinajstić information content (AvgIpc) is 3.11. The number of para-hydroxylation sites is 1. The molecule has 1 aliphatic heterocycles. The lowest BCUT2D eigenvalue weighted by molar-refractivity contribution is 0.492. The van der Waals surface area contributed by atoms with E-state index in [0.717, 1.165) is 32.0 Å². The Hall–Kier alpha value is -1.95. The second-order valence-corrected chi connectivity index (χ2v) is 6.34. The lowest BCUT2D eigenvalue weighted by Gasteiger charge is -2.18. The predicted molar refractivity (Wildman–Crippen MR) is 84.6 cm³/mol. The Morgan fingerprint density at radius 1 is 1.14 bits per heavy atom. The van der Waals surface area contributed by atoms with Gasteiger partial charge in [-0.05, 0) is 47.7 Å². The number of nitrogens with zero attached hydrogens (tertiary/aromatic N) is 5. The zero-order valence-corrected chi connectivity index (χ0v) is 12.7. The molecule has 2 aromatic rings. The molecule has 4 rings (SSSR count). The van der Waals surface area contributed by atoms with Crippen LogP contribution < -0.4 is 10.2 Å². The van der Waals surface area contributed by atoms with Gasteiger partial charge in [-0.25, -0.2) is 4.68 Å². The van der Waals surface area contributed by atoms with Gasteiger partial charge in [0.05, 0.1) is 12.6 Å². The van der Waals surface area contributed by atoms with Gasteiger partial charge in [-0.1, -0.05) is 18.2 Å². The van der Waals surface area contributed by atoms with E-state index in [9.17, 15) is 0 Å². The summed E-state index contributed by atoms with van der Waals surface area (Å²) < 4.78 is 1.98. The van der Waals surface area contributed by atoms with Crippen LogP contribution in [-0.4, -0.2) is 39.8 Å². The summed E-state index contributed by atoms with van der Waals surface area (Å²) in [7, 11) is 0. The van der Waals surface area contributed by atoms with Crippen LogP contribution >= 0.6 is 0 Å². The smallest absolute Gasteiger partial charge is 0.165 e. The molecule has 1 N–H and O–H groups in total. The molecule has 1 aromatic heterocycles. The van der Waals surface area contributed by atoms with E-state index in [4.69, 9.17) is 0 Å². The van der Waals surface area contributed by atoms with Gasteiger partial charge in [-0.2, -0.15) is 0 Å². The predicted octanol–water partition coefficient (Wildman–Crippen LogP) is 1.62. The first-order valence-electron chi connectivity index (χ1n) is 8.17. The number of tetrazole rings is 1. The fourth-order valence-electron chi connectivity index (χ4n) is 3.19. The number of hydrogen-bond donors (Lipinski definition) is 1. The van der Waals surface area contributed by atoms with E-state index in [1.54, 1.807) is 0 Å². The molecular formula is C16H22N6. The van der Waals surface area contributed by atoms with E-state index in [1.165, 1.54) is 24.9 Å². The number of anilines is 1. The Morgan fingerprint density at radius 3 is 2.82 bits per heavy atom. The van der Waals surface area contributed by atoms with Crippen molar-refractivity contribution >= 4 is 5.69 Å². The molecule has 1 saturated carbocycles. The van der Waals surface area contributed by atoms with Crippen LogP contribution in [0.15, 0.2) is 30.3 Å². The van der Waals surface area contributed by atoms with Crippen LogP contribution in [0.2, 0.25) is 0 Å². The third-order valence-electron chi connectivity index (χ3n) is 4.58. The lowest BCUT2D eigenvalue weighted by Crippen LogP contribution is -2.27. The standard InChI is InChI=1S/C16H22N6/c1-2-4-14(5-3-1)21-9-8-13(12-21)10-17-11-16-18-19-20-22(16)15-6-7-15/h1-5,13,15,17H,6-12H2. The van der Waals surface area contributed by atoms with Gasteiger partial charge in [0, 0.05) is 25.3 Å². The van der Waals surface area contributed by atoms with Crippen molar-refractivity contribution in [1.82, 2.24) is 25.5 Å². The van der Waals surface area contributed by atoms with Crippen LogP contribution in [0.5, 0.6) is 0 Å². The molecule has 1 atom stereocenters. The third kappa shape index (κ3) is 2.97. The van der Waals surface area contributed by atoms with Crippen LogP contribution in [0, 0.1) is 5.92 Å². The highest BCUT2D eigenvalue weighted by Crippen LogP contribution is 2.34. The molecule has 1 unspecified atom stereocenters. The Morgan fingerprint density at radius 2 is 2.00 bits per heavy atom. The Kier molecular flexibility index (Phi) is 3.76. The largest absolute Gasteiger partial charge is 0.371 e. The average molecular weight is 298 g/mol. The highest BCUT2D eigenvalue weighted by Gasteiger charge is 2.28. The quantitative estimate of drug-likeness (QED) is 0.878. The molecule has 0 spiro atoms. The van der Waals surface area contributed by atoms with E-state index in [-0.39, 0.29) is 0 Å². The molecule has 6 heteroatoms. The van der Waals surface area contributed by atoms with Crippen molar-refractivity contribution in [2.75, 3.05) is 24.5 Å². The lowest BCUT2D eigenvalue weighted by atomic mass is 10.1. The third-order valence-corrected chi connectivity index (χ3v) is 4.58. The van der Waals surface area contributed by atoms with E-state index in [2.05, 4.69) is 56.1 Å². The summed E-state index contributed by atoms with van der Waals surface area (Å²) in [6.07, 6.45) is 3.68. The summed E-state index contributed by atoms with van der Waals surface area (Å²) in [4.78, 5) is 2.47.